The molecule has 2 saturated heterocycles. The molecule has 2 bridgehead atoms. The summed E-state index contributed by atoms with van der Waals surface area (Å²) >= 11 is 0. The van der Waals surface area contributed by atoms with E-state index in [1.54, 1.807) is 13.2 Å². The summed E-state index contributed by atoms with van der Waals surface area (Å²) in [7, 11) is 2.57. The fraction of sp³-hybridized carbons (Fsp3) is 0.571. The molecule has 2 amide bonds. The first kappa shape index (κ1) is 30.8. The van der Waals surface area contributed by atoms with Crippen molar-refractivity contribution in [1.82, 2.24) is 28.4 Å². The van der Waals surface area contributed by atoms with Crippen LogP contribution in [0.15, 0.2) is 30.3 Å². The van der Waals surface area contributed by atoms with Gasteiger partial charge in [-0.3, -0.25) is 9.59 Å². The summed E-state index contributed by atoms with van der Waals surface area (Å²) < 4.78 is 36.2. The second-order valence-corrected chi connectivity index (χ2v) is 16.5. The van der Waals surface area contributed by atoms with E-state index in [0.29, 0.717) is 18.1 Å². The summed E-state index contributed by atoms with van der Waals surface area (Å²) in [6.07, 6.45) is 8.47. The van der Waals surface area contributed by atoms with E-state index in [4.69, 9.17) is 9.72 Å². The Morgan fingerprint density at radius 3 is 2.43 bits per heavy atom. The molecular weight excluding hydrogens is 616 g/mol. The second kappa shape index (κ2) is 11.0. The van der Waals surface area contributed by atoms with Gasteiger partial charge in [0.2, 0.25) is 5.91 Å². The van der Waals surface area contributed by atoms with Crippen molar-refractivity contribution in [2.45, 2.75) is 81.8 Å². The van der Waals surface area contributed by atoms with Gasteiger partial charge in [-0.15, -0.1) is 0 Å². The Labute approximate surface area is 276 Å². The molecule has 0 spiro atoms. The third-order valence-electron chi connectivity index (χ3n) is 11.6. The van der Waals surface area contributed by atoms with E-state index in [-0.39, 0.29) is 29.6 Å². The number of amides is 2. The number of methoxy groups -OCH3 is 1. The van der Waals surface area contributed by atoms with Crippen LogP contribution in [0, 0.1) is 5.41 Å². The van der Waals surface area contributed by atoms with E-state index in [0.717, 1.165) is 90.3 Å². The van der Waals surface area contributed by atoms with Gasteiger partial charge in [-0.25, -0.2) is 9.71 Å². The minimum absolute atomic E-state index is 0.0301. The van der Waals surface area contributed by atoms with Crippen LogP contribution in [-0.4, -0.2) is 97.3 Å². The largest absolute Gasteiger partial charge is 0.497 e. The number of nitrogens with zero attached hydrogens (tertiary/aromatic N) is 5. The molecule has 2 aliphatic carbocycles. The summed E-state index contributed by atoms with van der Waals surface area (Å²) in [5.74, 6) is 0.599. The van der Waals surface area contributed by atoms with E-state index >= 15 is 0 Å². The normalized spacial score (nSPS) is 27.3. The molecule has 1 N–H and O–H groups in total. The fourth-order valence-corrected chi connectivity index (χ4v) is 9.75. The topological polar surface area (TPSA) is 117 Å². The average molecular weight is 661 g/mol. The van der Waals surface area contributed by atoms with Crippen LogP contribution in [0.3, 0.4) is 0 Å². The molecule has 5 heterocycles. The van der Waals surface area contributed by atoms with Gasteiger partial charge in [0, 0.05) is 62.7 Å². The molecule has 47 heavy (non-hydrogen) atoms. The highest BCUT2D eigenvalue weighted by molar-refractivity contribution is 7.87. The zero-order valence-electron chi connectivity index (χ0n) is 27.7. The summed E-state index contributed by atoms with van der Waals surface area (Å²) in [6, 6.07) is 10.3. The molecule has 2 aromatic heterocycles. The predicted molar refractivity (Wildman–Crippen MR) is 179 cm³/mol. The number of likely N-dealkylation sites (tertiary alicyclic amines) is 1. The smallest absolute Gasteiger partial charge is 0.303 e. The number of carbonyl (C=O) groups is 2. The summed E-state index contributed by atoms with van der Waals surface area (Å²) in [4.78, 5) is 37.8. The number of rotatable bonds is 6. The maximum absolute atomic E-state index is 15.0. The molecule has 8 rings (SSSR count). The van der Waals surface area contributed by atoms with Crippen molar-refractivity contribution in [3.8, 4) is 17.0 Å². The van der Waals surface area contributed by atoms with E-state index < -0.39 is 21.5 Å². The number of aromatic nitrogens is 2. The molecule has 12 heteroatoms. The lowest BCUT2D eigenvalue weighted by atomic mass is 9.81. The number of piperazine rings is 1. The Morgan fingerprint density at radius 1 is 1.02 bits per heavy atom. The number of pyridine rings is 1. The molecule has 5 aliphatic rings. The van der Waals surface area contributed by atoms with Gasteiger partial charge in [0.25, 0.3) is 5.91 Å². The van der Waals surface area contributed by atoms with Crippen molar-refractivity contribution in [3.63, 3.8) is 0 Å². The standard InChI is InChI=1S/C35H44N6O5S/c1-38(2)47(44,45)37-33(42)29-15-14-26-30(21-8-6-5-7-9-21)31-25-13-12-24(46-4)16-27(25)28-17-35(28,20-40(31)32(26)36-29)34(43)41-22-10-11-23(41)19-39(3)18-22/h12-16,21-23,28H,5-11,17-20H2,1-4H3,(H,37,42)/t22?,23?,28-,35-/m0/s1. The van der Waals surface area contributed by atoms with Gasteiger partial charge in [0.1, 0.15) is 17.1 Å². The van der Waals surface area contributed by atoms with Gasteiger partial charge in [-0.05, 0) is 86.5 Å². The van der Waals surface area contributed by atoms with Crippen LogP contribution >= 0.6 is 0 Å². The lowest BCUT2D eigenvalue weighted by Crippen LogP contribution is -2.57. The molecule has 3 aliphatic heterocycles. The Hall–Kier alpha value is -3.48. The first-order valence-electron chi connectivity index (χ1n) is 17.0. The number of benzene rings is 1. The average Bonchev–Trinajstić information content (AvgIpc) is 3.64. The zero-order chi connectivity index (χ0) is 32.8. The van der Waals surface area contributed by atoms with Crippen molar-refractivity contribution in [1.29, 1.82) is 0 Å². The van der Waals surface area contributed by atoms with Crippen LogP contribution in [0.1, 0.15) is 84.8 Å². The Morgan fingerprint density at radius 2 is 1.74 bits per heavy atom. The first-order valence-corrected chi connectivity index (χ1v) is 18.4. The minimum atomic E-state index is -4.00. The fourth-order valence-electron chi connectivity index (χ4n) is 9.23. The molecule has 4 fully saturated rings. The summed E-state index contributed by atoms with van der Waals surface area (Å²) in [5.41, 5.74) is 4.59. The SMILES string of the molecule is COc1ccc2c(c1)[C@@H]1C[C@]1(C(=O)N1C3CCC1CN(C)C3)Cn1c-2c(C2CCCCC2)c2ccc(C(=O)NS(=O)(=O)N(C)C)nc21. The van der Waals surface area contributed by atoms with Crippen molar-refractivity contribution >= 4 is 33.1 Å². The third kappa shape index (κ3) is 4.81. The number of nitrogens with one attached hydrogen (secondary N) is 1. The van der Waals surface area contributed by atoms with E-state index in [1.165, 1.54) is 26.1 Å². The van der Waals surface area contributed by atoms with Crippen LogP contribution in [0.2, 0.25) is 0 Å². The van der Waals surface area contributed by atoms with Gasteiger partial charge in [0.15, 0.2) is 0 Å². The number of hydrogen-bond donors (Lipinski definition) is 1. The predicted octanol–water partition coefficient (Wildman–Crippen LogP) is 4.09. The Bertz CT molecular complexity index is 1890. The lowest BCUT2D eigenvalue weighted by molar-refractivity contribution is -0.143. The van der Waals surface area contributed by atoms with Crippen LogP contribution in [0.5, 0.6) is 5.75 Å². The minimum Gasteiger partial charge on any atom is -0.497 e. The molecule has 1 aromatic carbocycles. The maximum Gasteiger partial charge on any atom is 0.303 e. The van der Waals surface area contributed by atoms with E-state index in [9.17, 15) is 18.0 Å². The summed E-state index contributed by atoms with van der Waals surface area (Å²) in [6.45, 7) is 2.26. The number of fused-ring (bicyclic) bond motifs is 9. The molecule has 3 aromatic rings. The van der Waals surface area contributed by atoms with Crippen LogP contribution in [-0.2, 0) is 21.5 Å². The molecule has 250 valence electrons. The highest BCUT2D eigenvalue weighted by atomic mass is 32.2. The lowest BCUT2D eigenvalue weighted by Gasteiger charge is -2.41. The molecule has 2 unspecified atom stereocenters. The second-order valence-electron chi connectivity index (χ2n) is 14.7. The van der Waals surface area contributed by atoms with Gasteiger partial charge < -0.3 is 19.1 Å². The molecule has 4 atom stereocenters. The Kier molecular flexibility index (Phi) is 7.23. The highest BCUT2D eigenvalue weighted by Gasteiger charge is 2.65. The summed E-state index contributed by atoms with van der Waals surface area (Å²) in [5, 5.41) is 0.974. The van der Waals surface area contributed by atoms with E-state index in [1.807, 2.05) is 12.1 Å². The number of hydrogen-bond acceptors (Lipinski definition) is 7. The zero-order valence-corrected chi connectivity index (χ0v) is 28.5. The van der Waals surface area contributed by atoms with Crippen LogP contribution in [0.4, 0.5) is 0 Å². The molecule has 11 nitrogen and oxygen atoms in total. The molecular formula is C35H44N6O5S. The highest BCUT2D eigenvalue weighted by Crippen LogP contribution is 2.66. The van der Waals surface area contributed by atoms with Gasteiger partial charge in [-0.2, -0.15) is 12.7 Å². The first-order chi connectivity index (χ1) is 22.5. The quantitative estimate of drug-likeness (QED) is 0.424. The third-order valence-corrected chi connectivity index (χ3v) is 13.0. The number of carbonyl (C=O) groups excluding carboxylic acids is 2. The van der Waals surface area contributed by atoms with Gasteiger partial charge >= 0.3 is 10.2 Å². The number of likely N-dealkylation sites (N-methyl/N-ethyl adjacent to an activating group) is 1. The van der Waals surface area contributed by atoms with E-state index in [2.05, 4.69) is 38.3 Å². The monoisotopic (exact) mass is 660 g/mol. The van der Waals surface area contributed by atoms with Crippen LogP contribution < -0.4 is 9.46 Å². The van der Waals surface area contributed by atoms with Crippen molar-refractivity contribution in [3.05, 3.63) is 47.2 Å². The van der Waals surface area contributed by atoms with Crippen molar-refractivity contribution in [2.75, 3.05) is 41.3 Å². The maximum atomic E-state index is 15.0. The number of ether oxygens (including phenoxy) is 1. The van der Waals surface area contributed by atoms with Gasteiger partial charge in [-0.1, -0.05) is 19.3 Å². The molecule has 2 saturated carbocycles. The van der Waals surface area contributed by atoms with Crippen molar-refractivity contribution in [2.24, 2.45) is 5.41 Å². The van der Waals surface area contributed by atoms with Crippen LogP contribution in [0.25, 0.3) is 22.3 Å². The van der Waals surface area contributed by atoms with Gasteiger partial charge in [0.05, 0.1) is 18.2 Å². The Balaban J connectivity index is 1.32. The molecule has 0 radical (unpaired) electrons. The van der Waals surface area contributed by atoms with Crippen molar-refractivity contribution < 1.29 is 22.7 Å².